The quantitative estimate of drug-likeness (QED) is 0.811. The van der Waals surface area contributed by atoms with Crippen molar-refractivity contribution in [1.82, 2.24) is 9.78 Å². The van der Waals surface area contributed by atoms with Gasteiger partial charge in [0.15, 0.2) is 0 Å². The maximum atomic E-state index is 13.5. The van der Waals surface area contributed by atoms with Gasteiger partial charge in [-0.05, 0) is 31.0 Å². The molecular weight excluding hydrogens is 269 g/mol. The molecule has 21 heavy (non-hydrogen) atoms. The minimum absolute atomic E-state index is 0.0142. The second-order valence-corrected chi connectivity index (χ2v) is 4.80. The molecule has 0 atom stereocenters. The third-order valence-electron chi connectivity index (χ3n) is 3.43. The highest BCUT2D eigenvalue weighted by molar-refractivity contribution is 5.36. The van der Waals surface area contributed by atoms with E-state index in [-0.39, 0.29) is 12.2 Å². The second kappa shape index (κ2) is 6.89. The molecule has 110 valence electrons. The standard InChI is InChI=1S/C16H18FN3O/c1-3-14(4-2)20-8-7-13(19-20)11-21-15-6-5-12(10-18)16(17)9-15/h5-9,14H,3-4,11H2,1-2H3. The summed E-state index contributed by atoms with van der Waals surface area (Å²) in [6, 6.07) is 8.29. The fourth-order valence-electron chi connectivity index (χ4n) is 2.15. The van der Waals surface area contributed by atoms with Crippen LogP contribution in [-0.2, 0) is 6.61 Å². The van der Waals surface area contributed by atoms with E-state index in [2.05, 4.69) is 18.9 Å². The highest BCUT2D eigenvalue weighted by Gasteiger charge is 2.09. The minimum atomic E-state index is -0.572. The fourth-order valence-corrected chi connectivity index (χ4v) is 2.15. The predicted molar refractivity (Wildman–Crippen MR) is 77.3 cm³/mol. The molecule has 0 aliphatic rings. The van der Waals surface area contributed by atoms with Gasteiger partial charge in [-0.25, -0.2) is 4.39 Å². The molecule has 0 fully saturated rings. The number of rotatable bonds is 6. The average molecular weight is 287 g/mol. The van der Waals surface area contributed by atoms with Gasteiger partial charge in [-0.3, -0.25) is 4.68 Å². The van der Waals surface area contributed by atoms with Crippen molar-refractivity contribution in [1.29, 1.82) is 5.26 Å². The number of benzene rings is 1. The highest BCUT2D eigenvalue weighted by atomic mass is 19.1. The Morgan fingerprint density at radius 1 is 1.33 bits per heavy atom. The Morgan fingerprint density at radius 3 is 2.71 bits per heavy atom. The molecular formula is C16H18FN3O. The summed E-state index contributed by atoms with van der Waals surface area (Å²) in [6.07, 6.45) is 3.99. The Balaban J connectivity index is 2.00. The lowest BCUT2D eigenvalue weighted by atomic mass is 10.2. The number of hydrogen-bond acceptors (Lipinski definition) is 3. The van der Waals surface area contributed by atoms with Crippen molar-refractivity contribution in [3.8, 4) is 11.8 Å². The zero-order valence-corrected chi connectivity index (χ0v) is 12.2. The van der Waals surface area contributed by atoms with Crippen molar-refractivity contribution in [2.45, 2.75) is 39.3 Å². The Morgan fingerprint density at radius 2 is 2.10 bits per heavy atom. The normalized spacial score (nSPS) is 10.6. The first-order valence-electron chi connectivity index (χ1n) is 7.04. The summed E-state index contributed by atoms with van der Waals surface area (Å²) in [5.41, 5.74) is 0.812. The van der Waals surface area contributed by atoms with Gasteiger partial charge in [0.1, 0.15) is 24.2 Å². The van der Waals surface area contributed by atoms with Crippen LogP contribution in [0, 0.1) is 17.1 Å². The van der Waals surface area contributed by atoms with E-state index in [1.165, 1.54) is 12.1 Å². The molecule has 1 aromatic carbocycles. The van der Waals surface area contributed by atoms with Crippen molar-refractivity contribution in [2.24, 2.45) is 0 Å². The third-order valence-corrected chi connectivity index (χ3v) is 3.43. The maximum Gasteiger partial charge on any atom is 0.144 e. The van der Waals surface area contributed by atoms with Gasteiger partial charge >= 0.3 is 0 Å². The third kappa shape index (κ3) is 3.60. The molecule has 0 spiro atoms. The summed E-state index contributed by atoms with van der Waals surface area (Å²) >= 11 is 0. The van der Waals surface area contributed by atoms with E-state index in [4.69, 9.17) is 10.00 Å². The molecule has 0 N–H and O–H groups in total. The number of halogens is 1. The molecule has 0 radical (unpaired) electrons. The van der Waals surface area contributed by atoms with E-state index in [0.29, 0.717) is 11.8 Å². The van der Waals surface area contributed by atoms with Crippen molar-refractivity contribution in [3.05, 3.63) is 47.5 Å². The van der Waals surface area contributed by atoms with E-state index in [1.54, 1.807) is 12.1 Å². The van der Waals surface area contributed by atoms with Gasteiger partial charge in [0.2, 0.25) is 0 Å². The van der Waals surface area contributed by atoms with Crippen LogP contribution in [0.1, 0.15) is 44.0 Å². The average Bonchev–Trinajstić information content (AvgIpc) is 2.95. The van der Waals surface area contributed by atoms with Crippen molar-refractivity contribution >= 4 is 0 Å². The lowest BCUT2D eigenvalue weighted by Gasteiger charge is -2.12. The summed E-state index contributed by atoms with van der Waals surface area (Å²) in [4.78, 5) is 0. The molecule has 0 bridgehead atoms. The first-order valence-corrected chi connectivity index (χ1v) is 7.04. The lowest BCUT2D eigenvalue weighted by molar-refractivity contribution is 0.295. The molecule has 5 heteroatoms. The van der Waals surface area contributed by atoms with Crippen LogP contribution in [0.15, 0.2) is 30.5 Å². The van der Waals surface area contributed by atoms with Gasteiger partial charge in [-0.1, -0.05) is 13.8 Å². The zero-order valence-electron chi connectivity index (χ0n) is 12.2. The molecule has 0 saturated carbocycles. The van der Waals surface area contributed by atoms with Gasteiger partial charge in [-0.2, -0.15) is 10.4 Å². The summed E-state index contributed by atoms with van der Waals surface area (Å²) < 4.78 is 20.9. The summed E-state index contributed by atoms with van der Waals surface area (Å²) in [7, 11) is 0. The van der Waals surface area contributed by atoms with Crippen LogP contribution in [0.5, 0.6) is 5.75 Å². The molecule has 0 saturated heterocycles. The largest absolute Gasteiger partial charge is 0.487 e. The Kier molecular flexibility index (Phi) is 4.94. The van der Waals surface area contributed by atoms with Crippen LogP contribution in [0.3, 0.4) is 0 Å². The molecule has 2 aromatic rings. The van der Waals surface area contributed by atoms with E-state index in [9.17, 15) is 4.39 Å². The van der Waals surface area contributed by atoms with Gasteiger partial charge in [-0.15, -0.1) is 0 Å². The molecule has 2 rings (SSSR count). The van der Waals surface area contributed by atoms with E-state index in [1.807, 2.05) is 16.9 Å². The first-order chi connectivity index (χ1) is 10.2. The molecule has 0 unspecified atom stereocenters. The van der Waals surface area contributed by atoms with E-state index < -0.39 is 5.82 Å². The molecule has 4 nitrogen and oxygen atoms in total. The topological polar surface area (TPSA) is 50.8 Å². The summed E-state index contributed by atoms with van der Waals surface area (Å²) in [5.74, 6) is -0.179. The van der Waals surface area contributed by atoms with Crippen LogP contribution >= 0.6 is 0 Å². The molecule has 0 aliphatic carbocycles. The fraction of sp³-hybridized carbons (Fsp3) is 0.375. The van der Waals surface area contributed by atoms with Crippen LogP contribution in [-0.4, -0.2) is 9.78 Å². The molecule has 1 heterocycles. The summed E-state index contributed by atoms with van der Waals surface area (Å²) in [5, 5.41) is 13.1. The smallest absolute Gasteiger partial charge is 0.144 e. The van der Waals surface area contributed by atoms with Crippen molar-refractivity contribution in [2.75, 3.05) is 0 Å². The second-order valence-electron chi connectivity index (χ2n) is 4.80. The van der Waals surface area contributed by atoms with Crippen LogP contribution in [0.25, 0.3) is 0 Å². The number of hydrogen-bond donors (Lipinski definition) is 0. The predicted octanol–water partition coefficient (Wildman–Crippen LogP) is 3.83. The Labute approximate surface area is 123 Å². The zero-order chi connectivity index (χ0) is 15.2. The first kappa shape index (κ1) is 15.0. The van der Waals surface area contributed by atoms with Crippen LogP contribution in [0.4, 0.5) is 4.39 Å². The number of ether oxygens (including phenoxy) is 1. The van der Waals surface area contributed by atoms with Gasteiger partial charge in [0.05, 0.1) is 17.3 Å². The number of nitrogens with zero attached hydrogens (tertiary/aromatic N) is 3. The Hall–Kier alpha value is -2.35. The minimum Gasteiger partial charge on any atom is -0.487 e. The van der Waals surface area contributed by atoms with Crippen LogP contribution < -0.4 is 4.74 Å². The molecule has 0 amide bonds. The van der Waals surface area contributed by atoms with Crippen molar-refractivity contribution < 1.29 is 9.13 Å². The van der Waals surface area contributed by atoms with Gasteiger partial charge < -0.3 is 4.74 Å². The maximum absolute atomic E-state index is 13.5. The molecule has 0 aliphatic heterocycles. The number of aromatic nitrogens is 2. The van der Waals surface area contributed by atoms with Gasteiger partial charge in [0.25, 0.3) is 0 Å². The van der Waals surface area contributed by atoms with Crippen molar-refractivity contribution in [3.63, 3.8) is 0 Å². The SMILES string of the molecule is CCC(CC)n1ccc(COc2ccc(C#N)c(F)c2)n1. The van der Waals surface area contributed by atoms with Gasteiger partial charge in [0, 0.05) is 12.3 Å². The lowest BCUT2D eigenvalue weighted by Crippen LogP contribution is -2.08. The van der Waals surface area contributed by atoms with E-state index in [0.717, 1.165) is 18.5 Å². The Bertz CT molecular complexity index is 641. The highest BCUT2D eigenvalue weighted by Crippen LogP contribution is 2.18. The monoisotopic (exact) mass is 287 g/mol. The van der Waals surface area contributed by atoms with E-state index >= 15 is 0 Å². The van der Waals surface area contributed by atoms with Crippen LogP contribution in [0.2, 0.25) is 0 Å². The summed E-state index contributed by atoms with van der Waals surface area (Å²) in [6.45, 7) is 4.54. The number of nitriles is 1. The molecule has 1 aromatic heterocycles.